The molecule has 0 amide bonds. The molecule has 0 aliphatic carbocycles. The van der Waals surface area contributed by atoms with Crippen LogP contribution in [0.3, 0.4) is 0 Å². The van der Waals surface area contributed by atoms with Gasteiger partial charge in [-0.05, 0) is 0 Å². The Labute approximate surface area is 62.2 Å². The molecule has 0 saturated heterocycles. The van der Waals surface area contributed by atoms with Crippen LogP contribution in [0, 0.1) is 0 Å². The van der Waals surface area contributed by atoms with Crippen molar-refractivity contribution in [1.82, 2.24) is 0 Å². The molecule has 1 atom stereocenters. The topological polar surface area (TPSA) is 83.8 Å². The Hall–Kier alpha value is 0.427. The molecule has 9 heavy (non-hydrogen) atoms. The fraction of sp³-hybridized carbons (Fsp3) is 1.00. The van der Waals surface area contributed by atoms with Gasteiger partial charge in [0.05, 0.1) is 0 Å². The summed E-state index contributed by atoms with van der Waals surface area (Å²) in [5, 5.41) is 8.42. The van der Waals surface area contributed by atoms with Crippen molar-refractivity contribution in [1.29, 1.82) is 0 Å². The van der Waals surface area contributed by atoms with E-state index >= 15 is 0 Å². The first-order valence-corrected chi connectivity index (χ1v) is 3.58. The summed E-state index contributed by atoms with van der Waals surface area (Å²) in [6.07, 6.45) is 0. The number of aliphatic hydroxyl groups is 1. The molecule has 0 aliphatic heterocycles. The Morgan fingerprint density at radius 1 is 1.67 bits per heavy atom. The van der Waals surface area contributed by atoms with E-state index < -0.39 is 21.8 Å². The summed E-state index contributed by atoms with van der Waals surface area (Å²) in [6.45, 7) is -0.418. The van der Waals surface area contributed by atoms with Crippen LogP contribution in [0.25, 0.3) is 0 Å². The van der Waals surface area contributed by atoms with E-state index in [2.05, 4.69) is 4.18 Å². The zero-order valence-corrected chi connectivity index (χ0v) is 5.63. The average Bonchev–Trinajstić information content (AvgIpc) is 1.59. The summed E-state index contributed by atoms with van der Waals surface area (Å²) >= 11 is 1.34. The van der Waals surface area contributed by atoms with Gasteiger partial charge < -0.3 is 0 Å². The van der Waals surface area contributed by atoms with Crippen molar-refractivity contribution in [2.75, 3.05) is 6.61 Å². The first-order chi connectivity index (χ1) is 3.92. The number of hydrogen-bond donors (Lipinski definition) is 2. The summed E-state index contributed by atoms with van der Waals surface area (Å²) in [5.41, 5.74) is 0. The van der Waals surface area contributed by atoms with Crippen molar-refractivity contribution < 1.29 is 22.3 Å². The molecule has 50 valence electrons. The minimum atomic E-state index is -4.38. The van der Waals surface area contributed by atoms with Crippen LogP contribution in [0.5, 0.6) is 0 Å². The maximum atomic E-state index is 9.76. The van der Waals surface area contributed by atoms with Gasteiger partial charge in [0.15, 0.2) is 0 Å². The second-order valence-electron chi connectivity index (χ2n) is 1.56. The van der Waals surface area contributed by atoms with E-state index in [1.54, 1.807) is 0 Å². The third kappa shape index (κ3) is 8.43. The molecule has 0 spiro atoms. The molecule has 0 radical (unpaired) electrons. The molecule has 0 aliphatic rings. The Bertz CT molecular complexity index is 160. The number of aliphatic hydroxyl groups excluding tert-OH is 1. The molecule has 1 unspecified atom stereocenters. The number of hydrogen-bond acceptors (Lipinski definition) is 4. The minimum absolute atomic E-state index is 0.418. The van der Waals surface area contributed by atoms with E-state index in [9.17, 15) is 8.42 Å². The van der Waals surface area contributed by atoms with Crippen molar-refractivity contribution in [3.8, 4) is 0 Å². The molecule has 2 N–H and O–H groups in total. The summed E-state index contributed by atoms with van der Waals surface area (Å²) in [5.74, 6) is 0. The summed E-state index contributed by atoms with van der Waals surface area (Å²) in [7, 11) is -4.38. The Morgan fingerprint density at radius 2 is 2.11 bits per heavy atom. The van der Waals surface area contributed by atoms with Crippen LogP contribution in [0.1, 0.15) is 0 Å². The molecule has 0 aromatic carbocycles. The van der Waals surface area contributed by atoms with Crippen LogP contribution >= 0.6 is 0 Å². The summed E-state index contributed by atoms with van der Waals surface area (Å²) in [6, 6.07) is 0. The van der Waals surface area contributed by atoms with Crippen LogP contribution in [-0.4, -0.2) is 47.2 Å². The van der Waals surface area contributed by atoms with Crippen LogP contribution in [0.2, 0.25) is 0 Å². The van der Waals surface area contributed by atoms with Gasteiger partial charge in [-0.1, -0.05) is 0 Å². The first-order valence-electron chi connectivity index (χ1n) is 2.22. The summed E-state index contributed by atoms with van der Waals surface area (Å²) in [4.78, 5) is 0. The second kappa shape index (κ2) is 3.56. The molecule has 0 heterocycles. The van der Waals surface area contributed by atoms with E-state index in [-0.39, 0.29) is 0 Å². The van der Waals surface area contributed by atoms with E-state index in [1.807, 2.05) is 0 Å². The Kier molecular flexibility index (Phi) is 3.73. The predicted octanol–water partition coefficient (Wildman–Crippen LogP) is -1.71. The van der Waals surface area contributed by atoms with E-state index in [4.69, 9.17) is 9.66 Å². The molecule has 7 heteroatoms. The standard InChI is InChI=1S/C2H5O5S.Li/c3-1-2-7-8(4,5)6;/h1,3H,2H2,(H,4,5,6);. The monoisotopic (exact) mass is 148 g/mol. The van der Waals surface area contributed by atoms with Crippen molar-refractivity contribution in [3.63, 3.8) is 0 Å². The second-order valence-corrected chi connectivity index (χ2v) is 2.65. The third-order valence-corrected chi connectivity index (χ3v) is 0.892. The van der Waals surface area contributed by atoms with Gasteiger partial charge in [-0.3, -0.25) is 0 Å². The van der Waals surface area contributed by atoms with Crippen LogP contribution in [0.4, 0.5) is 0 Å². The van der Waals surface area contributed by atoms with Crippen molar-refractivity contribution in [2.24, 2.45) is 0 Å². The Balaban J connectivity index is 3.53. The molecule has 0 aromatic heterocycles. The van der Waals surface area contributed by atoms with E-state index in [1.165, 1.54) is 17.7 Å². The van der Waals surface area contributed by atoms with Gasteiger partial charge in [-0.25, -0.2) is 0 Å². The van der Waals surface area contributed by atoms with Crippen LogP contribution in [-0.2, 0) is 14.6 Å². The SMILES string of the molecule is [Li][CH](O)COS(=O)(=O)O. The third-order valence-electron chi connectivity index (χ3n) is 0.458. The van der Waals surface area contributed by atoms with Gasteiger partial charge in [0, 0.05) is 0 Å². The van der Waals surface area contributed by atoms with Crippen LogP contribution in [0.15, 0.2) is 0 Å². The molecule has 5 nitrogen and oxygen atoms in total. The molecular formula is C2H5LiO5S. The normalized spacial score (nSPS) is 15.6. The van der Waals surface area contributed by atoms with Gasteiger partial charge in [0.2, 0.25) is 0 Å². The Morgan fingerprint density at radius 3 is 2.22 bits per heavy atom. The fourth-order valence-corrected chi connectivity index (χ4v) is 0.553. The van der Waals surface area contributed by atoms with Crippen molar-refractivity contribution in [3.05, 3.63) is 0 Å². The van der Waals surface area contributed by atoms with Gasteiger partial charge in [-0.2, -0.15) is 0 Å². The zero-order chi connectivity index (χ0) is 7.49. The van der Waals surface area contributed by atoms with E-state index in [0.29, 0.717) is 0 Å². The van der Waals surface area contributed by atoms with Crippen molar-refractivity contribution in [2.45, 2.75) is 4.78 Å². The molecule has 0 fully saturated rings. The first kappa shape index (κ1) is 9.43. The van der Waals surface area contributed by atoms with Gasteiger partial charge in [0.25, 0.3) is 0 Å². The number of rotatable bonds is 3. The van der Waals surface area contributed by atoms with E-state index in [0.717, 1.165) is 0 Å². The summed E-state index contributed by atoms with van der Waals surface area (Å²) < 4.78 is 30.3. The van der Waals surface area contributed by atoms with Gasteiger partial charge in [0.1, 0.15) is 0 Å². The molecule has 0 bridgehead atoms. The predicted molar refractivity (Wildman–Crippen MR) is 29.3 cm³/mol. The quantitative estimate of drug-likeness (QED) is 0.368. The molecule has 0 aromatic rings. The molecular weight excluding hydrogens is 143 g/mol. The van der Waals surface area contributed by atoms with Gasteiger partial charge in [-0.15, -0.1) is 0 Å². The van der Waals surface area contributed by atoms with Gasteiger partial charge >= 0.3 is 61.8 Å². The van der Waals surface area contributed by atoms with Crippen LogP contribution < -0.4 is 0 Å². The molecule has 0 saturated carbocycles. The fourth-order valence-electron chi connectivity index (χ4n) is 0.184. The zero-order valence-electron chi connectivity index (χ0n) is 4.81. The maximum absolute atomic E-state index is 9.76. The molecule has 0 rings (SSSR count). The van der Waals surface area contributed by atoms with Crippen molar-refractivity contribution >= 4 is 28.1 Å². The average molecular weight is 148 g/mol.